The van der Waals surface area contributed by atoms with Gasteiger partial charge in [0, 0.05) is 12.1 Å². The summed E-state index contributed by atoms with van der Waals surface area (Å²) in [4.78, 5) is 16.1. The van der Waals surface area contributed by atoms with Crippen LogP contribution in [0.15, 0.2) is 42.6 Å². The number of carbonyl (C=O) groups excluding carboxylic acids is 1. The summed E-state index contributed by atoms with van der Waals surface area (Å²) in [7, 11) is 1.67. The van der Waals surface area contributed by atoms with E-state index in [2.05, 4.69) is 29.0 Å². The molecule has 1 heterocycles. The van der Waals surface area contributed by atoms with Gasteiger partial charge in [-0.1, -0.05) is 18.1 Å². The van der Waals surface area contributed by atoms with Crippen LogP contribution in [0.5, 0.6) is 11.5 Å². The number of hydrogen-bond donors (Lipinski definition) is 1. The predicted octanol–water partition coefficient (Wildman–Crippen LogP) is 4.38. The van der Waals surface area contributed by atoms with Crippen LogP contribution in [-0.4, -0.2) is 24.1 Å². The quantitative estimate of drug-likeness (QED) is 0.732. The molecule has 2 saturated carbocycles. The number of primary amides is 1. The maximum absolute atomic E-state index is 11.8. The first-order valence-corrected chi connectivity index (χ1v) is 11.2. The van der Waals surface area contributed by atoms with E-state index in [0.29, 0.717) is 0 Å². The Kier molecular flexibility index (Phi) is 6.46. The van der Waals surface area contributed by atoms with Gasteiger partial charge in [-0.15, -0.1) is 0 Å². The number of benzene rings is 1. The Morgan fingerprint density at radius 2 is 1.87 bits per heavy atom. The largest absolute Gasteiger partial charge is 0.493 e. The molecule has 0 atom stereocenters. The highest BCUT2D eigenvalue weighted by Gasteiger charge is 2.38. The van der Waals surface area contributed by atoms with Gasteiger partial charge in [-0.3, -0.25) is 4.79 Å². The number of amides is 1. The Labute approximate surface area is 184 Å². The molecule has 4 rings (SSSR count). The molecule has 2 aromatic rings. The highest BCUT2D eigenvalue weighted by Crippen LogP contribution is 2.44. The number of carbonyl (C=O) groups is 1. The summed E-state index contributed by atoms with van der Waals surface area (Å²) in [5.74, 6) is 8.02. The molecule has 0 radical (unpaired) electrons. The van der Waals surface area contributed by atoms with E-state index in [-0.39, 0.29) is 23.3 Å². The smallest absolute Gasteiger partial charge is 0.220 e. The van der Waals surface area contributed by atoms with Gasteiger partial charge in [0.1, 0.15) is 5.69 Å². The van der Waals surface area contributed by atoms with E-state index in [1.54, 1.807) is 13.3 Å². The molecule has 0 aliphatic heterocycles. The lowest BCUT2D eigenvalue weighted by molar-refractivity contribution is -0.122. The van der Waals surface area contributed by atoms with Crippen molar-refractivity contribution in [2.24, 2.45) is 11.7 Å². The van der Waals surface area contributed by atoms with Gasteiger partial charge in [-0.05, 0) is 87.1 Å². The van der Waals surface area contributed by atoms with Gasteiger partial charge in [-0.25, -0.2) is 4.98 Å². The number of nitrogens with zero attached hydrogens (tertiary/aromatic N) is 1. The summed E-state index contributed by atoms with van der Waals surface area (Å²) in [5.41, 5.74) is 7.07. The van der Waals surface area contributed by atoms with Crippen molar-refractivity contribution < 1.29 is 14.3 Å². The van der Waals surface area contributed by atoms with Crippen LogP contribution in [0, 0.1) is 17.8 Å². The first-order chi connectivity index (χ1) is 15.1. The average molecular weight is 419 g/mol. The van der Waals surface area contributed by atoms with E-state index in [9.17, 15) is 4.79 Å². The van der Waals surface area contributed by atoms with E-state index in [1.807, 2.05) is 24.3 Å². The predicted molar refractivity (Wildman–Crippen MR) is 120 cm³/mol. The average Bonchev–Trinajstić information content (AvgIpc) is 3.32. The van der Waals surface area contributed by atoms with Crippen molar-refractivity contribution in [3.63, 3.8) is 0 Å². The molecular weight excluding hydrogens is 388 g/mol. The summed E-state index contributed by atoms with van der Waals surface area (Å²) in [6.45, 7) is 0. The minimum Gasteiger partial charge on any atom is -0.493 e. The number of pyridine rings is 1. The molecule has 2 fully saturated rings. The second-order valence-electron chi connectivity index (χ2n) is 8.61. The number of nitrogens with two attached hydrogens (primary N) is 1. The Hall–Kier alpha value is -3.00. The summed E-state index contributed by atoms with van der Waals surface area (Å²) in [5, 5.41) is 0. The molecular formula is C26H30N2O3. The highest BCUT2D eigenvalue weighted by molar-refractivity contribution is 5.76. The van der Waals surface area contributed by atoms with Crippen LogP contribution in [-0.2, 0) is 10.2 Å². The van der Waals surface area contributed by atoms with Crippen LogP contribution in [0.2, 0.25) is 0 Å². The van der Waals surface area contributed by atoms with Gasteiger partial charge >= 0.3 is 0 Å². The van der Waals surface area contributed by atoms with Gasteiger partial charge in [-0.2, -0.15) is 0 Å². The molecule has 2 aliphatic carbocycles. The van der Waals surface area contributed by atoms with Crippen LogP contribution < -0.4 is 15.2 Å². The van der Waals surface area contributed by atoms with E-state index < -0.39 is 0 Å². The third-order valence-corrected chi connectivity index (χ3v) is 6.65. The molecule has 2 N–H and O–H groups in total. The van der Waals surface area contributed by atoms with Crippen LogP contribution in [0.4, 0.5) is 0 Å². The van der Waals surface area contributed by atoms with E-state index in [4.69, 9.17) is 15.2 Å². The van der Waals surface area contributed by atoms with Crippen LogP contribution in [0.1, 0.15) is 62.6 Å². The van der Waals surface area contributed by atoms with E-state index >= 15 is 0 Å². The first-order valence-electron chi connectivity index (χ1n) is 11.2. The second-order valence-corrected chi connectivity index (χ2v) is 8.61. The Morgan fingerprint density at radius 3 is 2.52 bits per heavy atom. The molecule has 0 bridgehead atoms. The zero-order valence-corrected chi connectivity index (χ0v) is 18.1. The van der Waals surface area contributed by atoms with Crippen LogP contribution >= 0.6 is 0 Å². The monoisotopic (exact) mass is 418 g/mol. The van der Waals surface area contributed by atoms with Crippen molar-refractivity contribution in [2.45, 2.75) is 62.9 Å². The standard InChI is InChI=1S/C26H30N2O3/c1-30-23-10-9-20(18-24(23)31-22-7-2-3-8-22)26(14-11-19(12-15-26)25(27)29)16-13-21-6-4-5-17-28-21/h4-6,9-10,17-19,22H,2-3,7-8,11-12,14-15H2,1H3,(H2,27,29)/t19-,26+. The van der Waals surface area contributed by atoms with Crippen molar-refractivity contribution in [3.05, 3.63) is 53.9 Å². The number of hydrogen-bond acceptors (Lipinski definition) is 4. The Morgan fingerprint density at radius 1 is 1.10 bits per heavy atom. The molecule has 0 unspecified atom stereocenters. The number of methoxy groups -OCH3 is 1. The van der Waals surface area contributed by atoms with Crippen molar-refractivity contribution in [2.75, 3.05) is 7.11 Å². The second kappa shape index (κ2) is 9.43. The van der Waals surface area contributed by atoms with Crippen molar-refractivity contribution in [3.8, 4) is 23.3 Å². The maximum atomic E-state index is 11.8. The van der Waals surface area contributed by atoms with E-state index in [1.165, 1.54) is 12.8 Å². The Bertz CT molecular complexity index is 963. The molecule has 5 nitrogen and oxygen atoms in total. The molecule has 5 heteroatoms. The van der Waals surface area contributed by atoms with Crippen molar-refractivity contribution >= 4 is 5.91 Å². The van der Waals surface area contributed by atoms with E-state index in [0.717, 1.165) is 61.3 Å². The number of ether oxygens (including phenoxy) is 2. The fourth-order valence-corrected chi connectivity index (χ4v) is 4.75. The highest BCUT2D eigenvalue weighted by atomic mass is 16.5. The van der Waals surface area contributed by atoms with Crippen molar-refractivity contribution in [1.82, 2.24) is 4.98 Å². The molecule has 2 aliphatic rings. The maximum Gasteiger partial charge on any atom is 0.220 e. The van der Waals surface area contributed by atoms with Gasteiger partial charge in [0.05, 0.1) is 18.6 Å². The topological polar surface area (TPSA) is 74.4 Å². The first kappa shape index (κ1) is 21.2. The molecule has 0 spiro atoms. The summed E-state index contributed by atoms with van der Waals surface area (Å²) >= 11 is 0. The fraction of sp³-hybridized carbons (Fsp3) is 0.462. The van der Waals surface area contributed by atoms with Gasteiger partial charge in [0.2, 0.25) is 5.91 Å². The third-order valence-electron chi connectivity index (χ3n) is 6.65. The SMILES string of the molecule is COc1ccc([C@]2(C#Cc3ccccn3)CC[C@H](C(N)=O)CC2)cc1OC1CCCC1. The summed E-state index contributed by atoms with van der Waals surface area (Å²) < 4.78 is 11.9. The minimum atomic E-state index is -0.371. The lowest BCUT2D eigenvalue weighted by Gasteiger charge is -2.36. The molecule has 1 aromatic carbocycles. The third kappa shape index (κ3) is 4.85. The van der Waals surface area contributed by atoms with Crippen LogP contribution in [0.3, 0.4) is 0 Å². The molecule has 1 amide bonds. The number of aromatic nitrogens is 1. The minimum absolute atomic E-state index is 0.0859. The van der Waals surface area contributed by atoms with Gasteiger partial charge in [0.15, 0.2) is 11.5 Å². The zero-order chi connectivity index (χ0) is 21.7. The number of rotatable bonds is 5. The zero-order valence-electron chi connectivity index (χ0n) is 18.1. The Balaban J connectivity index is 1.69. The van der Waals surface area contributed by atoms with Gasteiger partial charge in [0.25, 0.3) is 0 Å². The lowest BCUT2D eigenvalue weighted by Crippen LogP contribution is -2.35. The lowest BCUT2D eigenvalue weighted by atomic mass is 9.67. The summed E-state index contributed by atoms with van der Waals surface area (Å²) in [6, 6.07) is 11.9. The molecule has 0 saturated heterocycles. The summed E-state index contributed by atoms with van der Waals surface area (Å²) in [6.07, 6.45) is 9.59. The molecule has 1 aromatic heterocycles. The molecule has 31 heavy (non-hydrogen) atoms. The van der Waals surface area contributed by atoms with Crippen molar-refractivity contribution in [1.29, 1.82) is 0 Å². The normalized spacial score (nSPS) is 23.6. The fourth-order valence-electron chi connectivity index (χ4n) is 4.75. The van der Waals surface area contributed by atoms with Gasteiger partial charge < -0.3 is 15.2 Å². The molecule has 162 valence electrons. The van der Waals surface area contributed by atoms with Crippen LogP contribution in [0.25, 0.3) is 0 Å².